The zero-order valence-corrected chi connectivity index (χ0v) is 15.3. The van der Waals surface area contributed by atoms with E-state index < -0.39 is 5.91 Å². The van der Waals surface area contributed by atoms with Gasteiger partial charge in [0.1, 0.15) is 12.1 Å². The molecule has 0 saturated carbocycles. The van der Waals surface area contributed by atoms with Crippen molar-refractivity contribution < 1.29 is 14.4 Å². The van der Waals surface area contributed by atoms with Crippen molar-refractivity contribution in [3.05, 3.63) is 86.6 Å². The molecule has 7 heteroatoms. The van der Waals surface area contributed by atoms with Gasteiger partial charge in [-0.15, -0.1) is 10.2 Å². The Morgan fingerprint density at radius 3 is 2.55 bits per heavy atom. The lowest BCUT2D eigenvalue weighted by Gasteiger charge is -2.14. The highest BCUT2D eigenvalue weighted by Crippen LogP contribution is 2.16. The van der Waals surface area contributed by atoms with E-state index in [-0.39, 0.29) is 17.3 Å². The Balaban J connectivity index is 0.000000192. The van der Waals surface area contributed by atoms with Crippen LogP contribution in [-0.2, 0) is 11.2 Å². The number of fused-ring (bicyclic) bond motifs is 4. The summed E-state index contributed by atoms with van der Waals surface area (Å²) in [6.45, 7) is 0. The van der Waals surface area contributed by atoms with Gasteiger partial charge in [0.2, 0.25) is 0 Å². The molecular formula is C22H16N4O3. The number of rotatable bonds is 1. The molecule has 0 aliphatic heterocycles. The lowest BCUT2D eigenvalue weighted by Crippen LogP contribution is -2.26. The predicted octanol–water partition coefficient (Wildman–Crippen LogP) is 0.217. The smallest absolute Gasteiger partial charge is 0.270 e. The molecule has 29 heavy (non-hydrogen) atoms. The molecule has 0 unspecified atom stereocenters. The number of primary amides is 1. The number of nitrogens with zero attached hydrogens (tertiary/aromatic N) is 3. The monoisotopic (exact) mass is 384 g/mol. The quantitative estimate of drug-likeness (QED) is 0.641. The molecule has 0 atom stereocenters. The van der Waals surface area contributed by atoms with Crippen molar-refractivity contribution in [2.24, 2.45) is 5.73 Å². The molecule has 0 saturated heterocycles. The van der Waals surface area contributed by atoms with Gasteiger partial charge in [-0.3, -0.25) is 14.4 Å². The fraction of sp³-hybridized carbons (Fsp3) is 0.0909. The third-order valence-electron chi connectivity index (χ3n) is 4.79. The van der Waals surface area contributed by atoms with Crippen LogP contribution >= 0.6 is 0 Å². The van der Waals surface area contributed by atoms with Crippen LogP contribution in [0.2, 0.25) is 0 Å². The lowest BCUT2D eigenvalue weighted by atomic mass is 9.88. The van der Waals surface area contributed by atoms with Crippen molar-refractivity contribution in [1.82, 2.24) is 15.2 Å². The molecule has 0 radical (unpaired) electrons. The maximum absolute atomic E-state index is 12.4. The van der Waals surface area contributed by atoms with Gasteiger partial charge in [-0.05, 0) is 32.5 Å². The van der Waals surface area contributed by atoms with Crippen molar-refractivity contribution in [3.8, 4) is 0 Å². The average Bonchev–Trinajstić information content (AvgIpc) is 2.74. The molecule has 0 fully saturated rings. The second-order valence-electron chi connectivity index (χ2n) is 6.63. The summed E-state index contributed by atoms with van der Waals surface area (Å²) in [5.41, 5.74) is 6.52. The van der Waals surface area contributed by atoms with Crippen LogP contribution in [0.15, 0.2) is 48.9 Å². The fourth-order valence-corrected chi connectivity index (χ4v) is 3.49. The van der Waals surface area contributed by atoms with E-state index in [1.807, 2.05) is 42.5 Å². The van der Waals surface area contributed by atoms with Crippen LogP contribution in [0.3, 0.4) is 0 Å². The molecule has 2 aliphatic rings. The summed E-state index contributed by atoms with van der Waals surface area (Å²) in [4.78, 5) is 38.0. The fourth-order valence-electron chi connectivity index (χ4n) is 3.49. The number of aromatic nitrogens is 3. The Kier molecular flexibility index (Phi) is 4.78. The van der Waals surface area contributed by atoms with Crippen molar-refractivity contribution in [2.75, 3.05) is 0 Å². The molecule has 2 N–H and O–H groups in total. The zero-order chi connectivity index (χ0) is 20.4. The van der Waals surface area contributed by atoms with Gasteiger partial charge in [0.15, 0.2) is 11.5 Å². The highest BCUT2D eigenvalue weighted by atomic mass is 16.1. The molecule has 0 bridgehead atoms. The topological polar surface area (TPSA) is 116 Å². The standard InChI is InChI=1S/C18H12O2.C4H4N4O/c19-13-7-5-11-6-8-15-14-4-2-1-3-12(14)9-17(20)18(15)16(11)10-13;5-4(9)3-1-6-2-7-8-3/h1-6,8-9H,7,10H2;1-2H,(H2,5,9). The number of nitrogens with two attached hydrogens (primary N) is 1. The zero-order valence-electron chi connectivity index (χ0n) is 15.3. The van der Waals surface area contributed by atoms with Gasteiger partial charge in [0.25, 0.3) is 5.91 Å². The lowest BCUT2D eigenvalue weighted by molar-refractivity contribution is -0.117. The molecule has 5 rings (SSSR count). The van der Waals surface area contributed by atoms with E-state index in [1.165, 1.54) is 12.5 Å². The van der Waals surface area contributed by atoms with Gasteiger partial charge < -0.3 is 5.73 Å². The van der Waals surface area contributed by atoms with Crippen molar-refractivity contribution >= 4 is 29.6 Å². The van der Waals surface area contributed by atoms with E-state index in [2.05, 4.69) is 15.2 Å². The molecule has 3 aromatic rings. The van der Waals surface area contributed by atoms with E-state index in [9.17, 15) is 14.4 Å². The second-order valence-corrected chi connectivity index (χ2v) is 6.63. The highest BCUT2D eigenvalue weighted by Gasteiger charge is 2.19. The number of carbonyl (C=O) groups is 3. The van der Waals surface area contributed by atoms with E-state index in [0.29, 0.717) is 18.4 Å². The number of Topliss-reactive ketones (excluding diaryl/α,β-unsaturated/α-hetero) is 2. The van der Waals surface area contributed by atoms with E-state index in [0.717, 1.165) is 26.4 Å². The first-order valence-corrected chi connectivity index (χ1v) is 8.96. The van der Waals surface area contributed by atoms with Gasteiger partial charge in [-0.2, -0.15) is 0 Å². The number of hydrogen-bond donors (Lipinski definition) is 1. The van der Waals surface area contributed by atoms with E-state index >= 15 is 0 Å². The van der Waals surface area contributed by atoms with Crippen LogP contribution in [-0.4, -0.2) is 32.7 Å². The Morgan fingerprint density at radius 2 is 1.83 bits per heavy atom. The number of hydrogen-bond acceptors (Lipinski definition) is 6. The van der Waals surface area contributed by atoms with Crippen molar-refractivity contribution in [1.29, 1.82) is 0 Å². The minimum Gasteiger partial charge on any atom is -0.364 e. The first kappa shape index (κ1) is 18.4. The summed E-state index contributed by atoms with van der Waals surface area (Å²) >= 11 is 0. The number of carbonyl (C=O) groups excluding carboxylic acids is 3. The summed E-state index contributed by atoms with van der Waals surface area (Å²) in [5.74, 6) is -0.424. The molecular weight excluding hydrogens is 368 g/mol. The summed E-state index contributed by atoms with van der Waals surface area (Å²) in [6, 6.07) is 11.9. The minimum atomic E-state index is -0.615. The summed E-state index contributed by atoms with van der Waals surface area (Å²) < 4.78 is 0. The molecule has 2 aliphatic carbocycles. The number of ketones is 2. The number of amides is 1. The summed E-state index contributed by atoms with van der Waals surface area (Å²) in [5, 5.41) is 10.7. The summed E-state index contributed by atoms with van der Waals surface area (Å²) in [6.07, 6.45) is 6.94. The van der Waals surface area contributed by atoms with Gasteiger partial charge >= 0.3 is 0 Å². The minimum absolute atomic E-state index is 0.0126. The van der Waals surface area contributed by atoms with Crippen LogP contribution < -0.4 is 16.2 Å². The number of benzene rings is 2. The van der Waals surface area contributed by atoms with Gasteiger partial charge in [-0.1, -0.05) is 42.5 Å². The molecule has 7 nitrogen and oxygen atoms in total. The van der Waals surface area contributed by atoms with Gasteiger partial charge in [0.05, 0.1) is 6.20 Å². The normalized spacial score (nSPS) is 13.5. The first-order chi connectivity index (χ1) is 14.0. The Labute approximate surface area is 164 Å². The third kappa shape index (κ3) is 3.58. The van der Waals surface area contributed by atoms with Crippen LogP contribution in [0, 0.1) is 10.4 Å². The average molecular weight is 384 g/mol. The summed E-state index contributed by atoms with van der Waals surface area (Å²) in [7, 11) is 0. The SMILES string of the molecule is NC(=O)c1cncnn1.O=C1CC=c2ccc3c(c2C1)C(=O)C=c1ccccc1=3. The Bertz CT molecular complexity index is 1370. The maximum atomic E-state index is 12.4. The third-order valence-corrected chi connectivity index (χ3v) is 4.79. The largest absolute Gasteiger partial charge is 0.364 e. The maximum Gasteiger partial charge on any atom is 0.270 e. The second kappa shape index (κ2) is 7.55. The van der Waals surface area contributed by atoms with Crippen LogP contribution in [0.5, 0.6) is 0 Å². The molecule has 142 valence electrons. The Hall–Kier alpha value is -4.00. The molecule has 2 aromatic carbocycles. The van der Waals surface area contributed by atoms with Crippen molar-refractivity contribution in [2.45, 2.75) is 12.8 Å². The molecule has 1 amide bonds. The predicted molar refractivity (Wildman–Crippen MR) is 105 cm³/mol. The molecule has 0 spiro atoms. The Morgan fingerprint density at radius 1 is 1.00 bits per heavy atom. The highest BCUT2D eigenvalue weighted by molar-refractivity contribution is 6.19. The van der Waals surface area contributed by atoms with Crippen LogP contribution in [0.4, 0.5) is 0 Å². The van der Waals surface area contributed by atoms with Gasteiger partial charge in [0, 0.05) is 18.4 Å². The molecule has 1 aromatic heterocycles. The molecule has 1 heterocycles. The van der Waals surface area contributed by atoms with E-state index in [4.69, 9.17) is 5.73 Å². The van der Waals surface area contributed by atoms with Crippen LogP contribution in [0.25, 0.3) is 12.2 Å². The van der Waals surface area contributed by atoms with Gasteiger partial charge in [-0.25, -0.2) is 4.98 Å². The van der Waals surface area contributed by atoms with Crippen molar-refractivity contribution in [3.63, 3.8) is 0 Å². The first-order valence-electron chi connectivity index (χ1n) is 8.96. The van der Waals surface area contributed by atoms with E-state index in [1.54, 1.807) is 6.08 Å². The van der Waals surface area contributed by atoms with Crippen LogP contribution in [0.1, 0.15) is 32.8 Å².